The van der Waals surface area contributed by atoms with E-state index in [4.69, 9.17) is 0 Å². The van der Waals surface area contributed by atoms with E-state index in [1.807, 2.05) is 10.9 Å². The highest BCUT2D eigenvalue weighted by Crippen LogP contribution is 2.03. The van der Waals surface area contributed by atoms with Crippen LogP contribution in [0.25, 0.3) is 0 Å². The number of nitrogens with zero attached hydrogens (tertiary/aromatic N) is 2. The van der Waals surface area contributed by atoms with Crippen molar-refractivity contribution in [1.29, 1.82) is 0 Å². The molecule has 68 valence electrons. The number of carbonyl (C=O) groups is 1. The van der Waals surface area contributed by atoms with Crippen molar-refractivity contribution in [3.63, 3.8) is 0 Å². The smallest absolute Gasteiger partial charge is 0.131 e. The molecule has 0 saturated carbocycles. The van der Waals surface area contributed by atoms with E-state index in [1.165, 1.54) is 0 Å². The van der Waals surface area contributed by atoms with Crippen LogP contribution in [0.5, 0.6) is 0 Å². The van der Waals surface area contributed by atoms with Gasteiger partial charge in [0.05, 0.1) is 18.2 Å². The van der Waals surface area contributed by atoms with E-state index >= 15 is 0 Å². The van der Waals surface area contributed by atoms with Crippen LogP contribution in [0.2, 0.25) is 0 Å². The van der Waals surface area contributed by atoms with Gasteiger partial charge in [-0.25, -0.2) is 0 Å². The molecule has 1 aromatic rings. The minimum atomic E-state index is 0.285. The van der Waals surface area contributed by atoms with Gasteiger partial charge in [0.2, 0.25) is 0 Å². The molecule has 0 bridgehead atoms. The molecule has 0 amide bonds. The van der Waals surface area contributed by atoms with Crippen LogP contribution < -0.4 is 0 Å². The van der Waals surface area contributed by atoms with Crippen LogP contribution in [0.1, 0.15) is 31.9 Å². The summed E-state index contributed by atoms with van der Waals surface area (Å²) < 4.78 is 1.84. The maximum Gasteiger partial charge on any atom is 0.131 e. The third kappa shape index (κ3) is 2.75. The molecule has 0 unspecified atom stereocenters. The third-order valence-electron chi connectivity index (χ3n) is 1.55. The molecule has 1 rings (SSSR count). The normalized spacial score (nSPS) is 9.46. The molecule has 0 aliphatic heterocycles. The summed E-state index contributed by atoms with van der Waals surface area (Å²) >= 11 is 0. The zero-order valence-electron chi connectivity index (χ0n) is 7.82. The second kappa shape index (κ2) is 4.46. The monoisotopic (exact) mass is 176 g/mol. The molecule has 3 nitrogen and oxygen atoms in total. The van der Waals surface area contributed by atoms with Crippen molar-refractivity contribution in [1.82, 2.24) is 9.78 Å². The first kappa shape index (κ1) is 9.53. The van der Waals surface area contributed by atoms with Gasteiger partial charge in [-0.15, -0.1) is 0 Å². The summed E-state index contributed by atoms with van der Waals surface area (Å²) in [5, 5.41) is 4.12. The van der Waals surface area contributed by atoms with E-state index in [0.29, 0.717) is 6.04 Å². The Balaban J connectivity index is 2.70. The fraction of sp³-hybridized carbons (Fsp3) is 0.400. The molecule has 3 heteroatoms. The maximum absolute atomic E-state index is 9.99. The average Bonchev–Trinajstić information content (AvgIpc) is 2.53. The van der Waals surface area contributed by atoms with Gasteiger partial charge in [-0.05, 0) is 13.8 Å². The van der Waals surface area contributed by atoms with Crippen molar-refractivity contribution in [2.24, 2.45) is 0 Å². The summed E-state index contributed by atoms with van der Waals surface area (Å²) in [6, 6.07) is 0.349. The standard InChI is InChI=1S/C10H12N2O/c1-9(2)12-8-10(7-11-12)5-3-4-6-13/h6-9H,4H2,1-2H3. The van der Waals surface area contributed by atoms with Crippen LogP contribution >= 0.6 is 0 Å². The highest BCUT2D eigenvalue weighted by molar-refractivity contribution is 5.54. The summed E-state index contributed by atoms with van der Waals surface area (Å²) in [6.45, 7) is 4.10. The third-order valence-corrected chi connectivity index (χ3v) is 1.55. The molecule has 0 N–H and O–H groups in total. The van der Waals surface area contributed by atoms with Crippen molar-refractivity contribution in [3.8, 4) is 11.8 Å². The highest BCUT2D eigenvalue weighted by atomic mass is 16.1. The fourth-order valence-corrected chi connectivity index (χ4v) is 0.880. The average molecular weight is 176 g/mol. The Hall–Kier alpha value is -1.56. The van der Waals surface area contributed by atoms with Gasteiger partial charge in [-0.3, -0.25) is 4.68 Å². The van der Waals surface area contributed by atoms with Crippen molar-refractivity contribution in [2.75, 3.05) is 0 Å². The first-order valence-corrected chi connectivity index (χ1v) is 4.20. The van der Waals surface area contributed by atoms with E-state index in [0.717, 1.165) is 11.8 Å². The number of hydrogen-bond acceptors (Lipinski definition) is 2. The summed E-state index contributed by atoms with van der Waals surface area (Å²) in [7, 11) is 0. The quantitative estimate of drug-likeness (QED) is 0.504. The molecular weight excluding hydrogens is 164 g/mol. The minimum absolute atomic E-state index is 0.285. The largest absolute Gasteiger partial charge is 0.302 e. The molecule has 0 saturated heterocycles. The predicted octanol–water partition coefficient (Wildman–Crippen LogP) is 1.40. The lowest BCUT2D eigenvalue weighted by molar-refractivity contribution is -0.107. The van der Waals surface area contributed by atoms with Crippen molar-refractivity contribution < 1.29 is 4.79 Å². The summed E-state index contributed by atoms with van der Waals surface area (Å²) in [6.07, 6.45) is 4.66. The molecule has 13 heavy (non-hydrogen) atoms. The van der Waals surface area contributed by atoms with E-state index in [-0.39, 0.29) is 6.42 Å². The topological polar surface area (TPSA) is 34.9 Å². The Morgan fingerprint density at radius 3 is 3.00 bits per heavy atom. The maximum atomic E-state index is 9.99. The first-order valence-electron chi connectivity index (χ1n) is 4.20. The first-order chi connectivity index (χ1) is 6.24. The molecule has 0 aliphatic rings. The fourth-order valence-electron chi connectivity index (χ4n) is 0.880. The zero-order valence-corrected chi connectivity index (χ0v) is 7.82. The zero-order chi connectivity index (χ0) is 9.68. The Bertz CT molecular complexity index is 341. The second-order valence-corrected chi connectivity index (χ2v) is 2.98. The van der Waals surface area contributed by atoms with Gasteiger partial charge >= 0.3 is 0 Å². The molecule has 0 aromatic carbocycles. The van der Waals surface area contributed by atoms with Crippen molar-refractivity contribution in [2.45, 2.75) is 26.3 Å². The summed E-state index contributed by atoms with van der Waals surface area (Å²) in [4.78, 5) is 9.99. The molecule has 0 aliphatic carbocycles. The number of rotatable bonds is 2. The van der Waals surface area contributed by atoms with Gasteiger partial charge in [-0.2, -0.15) is 5.10 Å². The van der Waals surface area contributed by atoms with Crippen LogP contribution in [0.4, 0.5) is 0 Å². The highest BCUT2D eigenvalue weighted by Gasteiger charge is 1.97. The molecule has 0 spiro atoms. The second-order valence-electron chi connectivity index (χ2n) is 2.98. The lowest BCUT2D eigenvalue weighted by atomic mass is 10.3. The molecule has 1 heterocycles. The molecular formula is C10H12N2O. The molecule has 0 atom stereocenters. The Morgan fingerprint density at radius 1 is 1.69 bits per heavy atom. The van der Waals surface area contributed by atoms with E-state index < -0.39 is 0 Å². The minimum Gasteiger partial charge on any atom is -0.302 e. The number of aldehydes is 1. The number of aromatic nitrogens is 2. The van der Waals surface area contributed by atoms with E-state index in [1.54, 1.807) is 6.20 Å². The van der Waals surface area contributed by atoms with Crippen LogP contribution in [-0.2, 0) is 4.79 Å². The van der Waals surface area contributed by atoms with Gasteiger partial charge in [0.1, 0.15) is 6.29 Å². The summed E-state index contributed by atoms with van der Waals surface area (Å²) in [5.74, 6) is 5.59. The SMILES string of the molecule is CC(C)n1cc(C#CCC=O)cn1. The van der Waals surface area contributed by atoms with Gasteiger partial charge in [0, 0.05) is 12.2 Å². The van der Waals surface area contributed by atoms with Gasteiger partial charge < -0.3 is 4.79 Å². The van der Waals surface area contributed by atoms with Gasteiger partial charge in [0.15, 0.2) is 0 Å². The van der Waals surface area contributed by atoms with E-state index in [9.17, 15) is 4.79 Å². The van der Waals surface area contributed by atoms with Crippen LogP contribution in [-0.4, -0.2) is 16.1 Å². The molecule has 0 radical (unpaired) electrons. The Labute approximate surface area is 77.8 Å². The lowest BCUT2D eigenvalue weighted by Gasteiger charge is -2.01. The molecule has 0 fully saturated rings. The van der Waals surface area contributed by atoms with Crippen LogP contribution in [0, 0.1) is 11.8 Å². The van der Waals surface area contributed by atoms with Crippen molar-refractivity contribution >= 4 is 6.29 Å². The number of hydrogen-bond donors (Lipinski definition) is 0. The number of carbonyl (C=O) groups excluding carboxylic acids is 1. The van der Waals surface area contributed by atoms with Crippen LogP contribution in [0.3, 0.4) is 0 Å². The lowest BCUT2D eigenvalue weighted by Crippen LogP contribution is -1.99. The Kier molecular flexibility index (Phi) is 3.27. The van der Waals surface area contributed by atoms with Crippen LogP contribution in [0.15, 0.2) is 12.4 Å². The predicted molar refractivity (Wildman–Crippen MR) is 50.2 cm³/mol. The Morgan fingerprint density at radius 2 is 2.46 bits per heavy atom. The van der Waals surface area contributed by atoms with Gasteiger partial charge in [-0.1, -0.05) is 11.8 Å². The van der Waals surface area contributed by atoms with Crippen molar-refractivity contribution in [3.05, 3.63) is 18.0 Å². The summed E-state index contributed by atoms with van der Waals surface area (Å²) in [5.41, 5.74) is 0.857. The van der Waals surface area contributed by atoms with Gasteiger partial charge in [0.25, 0.3) is 0 Å². The van der Waals surface area contributed by atoms with E-state index in [2.05, 4.69) is 30.8 Å². The molecule has 1 aromatic heterocycles.